The number of thiazole rings is 1. The van der Waals surface area contributed by atoms with E-state index in [0.717, 1.165) is 6.42 Å². The van der Waals surface area contributed by atoms with Crippen LogP contribution in [-0.4, -0.2) is 11.0 Å². The van der Waals surface area contributed by atoms with Gasteiger partial charge < -0.3 is 5.32 Å². The Balaban J connectivity index is 2.25. The first-order valence-electron chi connectivity index (χ1n) is 5.50. The average Bonchev–Trinajstić information content (AvgIpc) is 2.70. The Morgan fingerprint density at radius 2 is 2.40 bits per heavy atom. The van der Waals surface area contributed by atoms with Gasteiger partial charge in [0.25, 0.3) is 0 Å². The Labute approximate surface area is 96.4 Å². The number of nitrogens with zero attached hydrogens (tertiary/aromatic N) is 1. The van der Waals surface area contributed by atoms with Crippen LogP contribution in [0.2, 0.25) is 0 Å². The predicted molar refractivity (Wildman–Crippen MR) is 67.2 cm³/mol. The number of aromatic nitrogens is 1. The van der Waals surface area contributed by atoms with Gasteiger partial charge in [-0.15, -0.1) is 17.9 Å². The van der Waals surface area contributed by atoms with Gasteiger partial charge in [-0.3, -0.25) is 0 Å². The van der Waals surface area contributed by atoms with Crippen molar-refractivity contribution in [3.05, 3.63) is 29.2 Å². The summed E-state index contributed by atoms with van der Waals surface area (Å²) in [6, 6.07) is 0.910. The first kappa shape index (κ1) is 12.4. The number of unbranched alkanes of at least 4 members (excludes halogenated alkanes) is 1. The predicted octanol–water partition coefficient (Wildman–Crippen LogP) is 3.54. The standard InChI is InChI=1S/C12H20N2S/c1-4-5-6-7-10(2)14-11(3)12-13-8-9-15-12/h4,8-11,14H,1,5-7H2,2-3H3. The van der Waals surface area contributed by atoms with Crippen molar-refractivity contribution in [2.24, 2.45) is 0 Å². The highest BCUT2D eigenvalue weighted by molar-refractivity contribution is 7.09. The summed E-state index contributed by atoms with van der Waals surface area (Å²) in [4.78, 5) is 4.31. The fourth-order valence-electron chi connectivity index (χ4n) is 1.60. The molecule has 1 aromatic rings. The van der Waals surface area contributed by atoms with Gasteiger partial charge in [0.15, 0.2) is 0 Å². The van der Waals surface area contributed by atoms with E-state index in [2.05, 4.69) is 30.7 Å². The minimum atomic E-state index is 0.365. The summed E-state index contributed by atoms with van der Waals surface area (Å²) in [5, 5.41) is 6.75. The largest absolute Gasteiger partial charge is 0.306 e. The first-order chi connectivity index (χ1) is 7.24. The molecule has 15 heavy (non-hydrogen) atoms. The van der Waals surface area contributed by atoms with Crippen LogP contribution in [0.1, 0.15) is 44.2 Å². The normalized spacial score (nSPS) is 14.8. The minimum absolute atomic E-state index is 0.365. The SMILES string of the molecule is C=CCCCC(C)NC(C)c1nccs1. The molecule has 2 nitrogen and oxygen atoms in total. The molecule has 1 N–H and O–H groups in total. The molecule has 0 saturated carbocycles. The fraction of sp³-hybridized carbons (Fsp3) is 0.583. The summed E-state index contributed by atoms with van der Waals surface area (Å²) < 4.78 is 0. The van der Waals surface area contributed by atoms with Crippen LogP contribution in [0, 0.1) is 0 Å². The molecule has 0 spiro atoms. The minimum Gasteiger partial charge on any atom is -0.306 e. The van der Waals surface area contributed by atoms with E-state index in [4.69, 9.17) is 0 Å². The molecule has 0 amide bonds. The van der Waals surface area contributed by atoms with Gasteiger partial charge in [-0.05, 0) is 33.1 Å². The summed E-state index contributed by atoms with van der Waals surface area (Å²) in [5.74, 6) is 0. The molecule has 0 saturated heterocycles. The fourth-order valence-corrected chi connectivity index (χ4v) is 2.25. The molecule has 2 atom stereocenters. The van der Waals surface area contributed by atoms with E-state index >= 15 is 0 Å². The van der Waals surface area contributed by atoms with Crippen molar-refractivity contribution < 1.29 is 0 Å². The van der Waals surface area contributed by atoms with Crippen LogP contribution < -0.4 is 5.32 Å². The Morgan fingerprint density at radius 1 is 1.60 bits per heavy atom. The molecule has 0 aromatic carbocycles. The molecule has 84 valence electrons. The molecule has 0 bridgehead atoms. The number of nitrogens with one attached hydrogen (secondary N) is 1. The maximum absolute atomic E-state index is 4.31. The monoisotopic (exact) mass is 224 g/mol. The highest BCUT2D eigenvalue weighted by Gasteiger charge is 2.10. The Kier molecular flexibility index (Phi) is 5.58. The molecule has 0 aliphatic heterocycles. The summed E-state index contributed by atoms with van der Waals surface area (Å²) in [6.07, 6.45) is 7.36. The molecule has 3 heteroatoms. The van der Waals surface area contributed by atoms with Gasteiger partial charge >= 0.3 is 0 Å². The van der Waals surface area contributed by atoms with Gasteiger partial charge in [-0.2, -0.15) is 0 Å². The zero-order valence-corrected chi connectivity index (χ0v) is 10.4. The van der Waals surface area contributed by atoms with Crippen molar-refractivity contribution >= 4 is 11.3 Å². The van der Waals surface area contributed by atoms with E-state index in [0.29, 0.717) is 12.1 Å². The molecule has 0 aliphatic rings. The lowest BCUT2D eigenvalue weighted by Crippen LogP contribution is -2.28. The molecule has 1 heterocycles. The third-order valence-corrected chi connectivity index (χ3v) is 3.36. The second-order valence-electron chi connectivity index (χ2n) is 3.88. The summed E-state index contributed by atoms with van der Waals surface area (Å²) >= 11 is 1.71. The lowest BCUT2D eigenvalue weighted by molar-refractivity contribution is 0.446. The highest BCUT2D eigenvalue weighted by atomic mass is 32.1. The van der Waals surface area contributed by atoms with Gasteiger partial charge in [0.1, 0.15) is 5.01 Å². The Bertz CT molecular complexity index is 269. The highest BCUT2D eigenvalue weighted by Crippen LogP contribution is 2.16. The van der Waals surface area contributed by atoms with Gasteiger partial charge in [-0.25, -0.2) is 4.98 Å². The van der Waals surface area contributed by atoms with E-state index in [1.54, 1.807) is 11.3 Å². The number of rotatable bonds is 7. The average molecular weight is 224 g/mol. The van der Waals surface area contributed by atoms with Crippen LogP contribution in [0.15, 0.2) is 24.2 Å². The van der Waals surface area contributed by atoms with Gasteiger partial charge in [0, 0.05) is 17.6 Å². The van der Waals surface area contributed by atoms with E-state index < -0.39 is 0 Å². The quantitative estimate of drug-likeness (QED) is 0.566. The van der Waals surface area contributed by atoms with E-state index in [1.807, 2.05) is 17.7 Å². The maximum Gasteiger partial charge on any atom is 0.109 e. The smallest absolute Gasteiger partial charge is 0.109 e. The van der Waals surface area contributed by atoms with Gasteiger partial charge in [-0.1, -0.05) is 6.08 Å². The summed E-state index contributed by atoms with van der Waals surface area (Å²) in [6.45, 7) is 8.13. The third-order valence-electron chi connectivity index (χ3n) is 2.40. The second-order valence-corrected chi connectivity index (χ2v) is 4.81. The van der Waals surface area contributed by atoms with Crippen LogP contribution in [0.5, 0.6) is 0 Å². The molecular formula is C12H20N2S. The lowest BCUT2D eigenvalue weighted by Gasteiger charge is -2.17. The van der Waals surface area contributed by atoms with Crippen LogP contribution in [0.4, 0.5) is 0 Å². The van der Waals surface area contributed by atoms with Crippen LogP contribution in [0.25, 0.3) is 0 Å². The second kappa shape index (κ2) is 6.75. The third kappa shape index (κ3) is 4.58. The van der Waals surface area contributed by atoms with Crippen molar-refractivity contribution in [1.29, 1.82) is 0 Å². The Hall–Kier alpha value is -0.670. The van der Waals surface area contributed by atoms with Crippen molar-refractivity contribution in [3.8, 4) is 0 Å². The topological polar surface area (TPSA) is 24.9 Å². The molecule has 0 aliphatic carbocycles. The zero-order valence-electron chi connectivity index (χ0n) is 9.57. The van der Waals surface area contributed by atoms with Crippen molar-refractivity contribution in [2.75, 3.05) is 0 Å². The zero-order chi connectivity index (χ0) is 11.1. The van der Waals surface area contributed by atoms with Crippen molar-refractivity contribution in [3.63, 3.8) is 0 Å². The van der Waals surface area contributed by atoms with Crippen LogP contribution >= 0.6 is 11.3 Å². The molecule has 1 aromatic heterocycles. The molecule has 2 unspecified atom stereocenters. The van der Waals surface area contributed by atoms with Crippen LogP contribution in [-0.2, 0) is 0 Å². The number of allylic oxidation sites excluding steroid dienone is 1. The van der Waals surface area contributed by atoms with Gasteiger partial charge in [0.2, 0.25) is 0 Å². The Morgan fingerprint density at radius 3 is 3.00 bits per heavy atom. The number of hydrogen-bond donors (Lipinski definition) is 1. The van der Waals surface area contributed by atoms with Crippen molar-refractivity contribution in [2.45, 2.75) is 45.2 Å². The van der Waals surface area contributed by atoms with E-state index in [9.17, 15) is 0 Å². The molecule has 0 fully saturated rings. The number of hydrogen-bond acceptors (Lipinski definition) is 3. The molecule has 1 rings (SSSR count). The maximum atomic E-state index is 4.31. The van der Waals surface area contributed by atoms with E-state index in [1.165, 1.54) is 17.8 Å². The van der Waals surface area contributed by atoms with Crippen molar-refractivity contribution in [1.82, 2.24) is 10.3 Å². The van der Waals surface area contributed by atoms with Crippen LogP contribution in [0.3, 0.4) is 0 Å². The van der Waals surface area contributed by atoms with E-state index in [-0.39, 0.29) is 0 Å². The molecular weight excluding hydrogens is 204 g/mol. The van der Waals surface area contributed by atoms with Gasteiger partial charge in [0.05, 0.1) is 6.04 Å². The summed E-state index contributed by atoms with van der Waals surface area (Å²) in [5.41, 5.74) is 0. The lowest BCUT2D eigenvalue weighted by atomic mass is 10.1. The first-order valence-corrected chi connectivity index (χ1v) is 6.38. The summed E-state index contributed by atoms with van der Waals surface area (Å²) in [7, 11) is 0. The molecule has 0 radical (unpaired) electrons.